The molecular weight excluding hydrogens is 526 g/mol. The van der Waals surface area contributed by atoms with Gasteiger partial charge in [-0.3, -0.25) is 4.90 Å². The number of aromatic nitrogens is 2. The van der Waals surface area contributed by atoms with Crippen LogP contribution in [0.2, 0.25) is 18.1 Å². The van der Waals surface area contributed by atoms with Gasteiger partial charge in [-0.1, -0.05) is 45.1 Å². The topological polar surface area (TPSA) is 50.7 Å². The molecule has 1 aliphatic carbocycles. The Hall–Kier alpha value is -2.36. The second kappa shape index (κ2) is 9.59. The van der Waals surface area contributed by atoms with Crippen LogP contribution >= 0.6 is 0 Å². The summed E-state index contributed by atoms with van der Waals surface area (Å²) in [6.07, 6.45) is 3.98. The van der Waals surface area contributed by atoms with Crippen molar-refractivity contribution in [3.05, 3.63) is 48.1 Å². The molecule has 2 bridgehead atoms. The fourth-order valence-electron chi connectivity index (χ4n) is 7.16. The molecule has 0 unspecified atom stereocenters. The third-order valence-electron chi connectivity index (χ3n) is 10.0. The number of ether oxygens (including phenoxy) is 1. The fraction of sp³-hybridized carbons (Fsp3) is 0.613. The van der Waals surface area contributed by atoms with E-state index in [1.54, 1.807) is 0 Å². The molecular formula is C31H42F2N4O2Si. The average Bonchev–Trinajstić information content (AvgIpc) is 3.41. The third kappa shape index (κ3) is 4.88. The number of hydrogen-bond acceptors (Lipinski definition) is 6. The molecule has 40 heavy (non-hydrogen) atoms. The summed E-state index contributed by atoms with van der Waals surface area (Å²) in [5.74, 6) is 0.00367. The number of benzene rings is 1. The fourth-order valence-corrected chi connectivity index (χ4v) is 8.56. The number of anilines is 1. The molecule has 216 valence electrons. The molecule has 4 heterocycles. The van der Waals surface area contributed by atoms with E-state index in [0.29, 0.717) is 29.6 Å². The van der Waals surface area contributed by atoms with Gasteiger partial charge < -0.3 is 14.1 Å². The number of piperidine rings is 1. The van der Waals surface area contributed by atoms with Crippen LogP contribution in [0.1, 0.15) is 46.5 Å². The van der Waals surface area contributed by atoms with E-state index in [9.17, 15) is 4.39 Å². The third-order valence-corrected chi connectivity index (χ3v) is 14.5. The van der Waals surface area contributed by atoms with Crippen LogP contribution in [0.4, 0.5) is 14.6 Å². The highest BCUT2D eigenvalue weighted by Crippen LogP contribution is 2.46. The molecule has 1 aromatic carbocycles. The first-order valence-corrected chi connectivity index (χ1v) is 17.4. The lowest BCUT2D eigenvalue weighted by atomic mass is 9.92. The number of hydrogen-bond donors (Lipinski definition) is 0. The smallest absolute Gasteiger partial charge is 0.319 e. The number of rotatable bonds is 6. The predicted octanol–water partition coefficient (Wildman–Crippen LogP) is 6.48. The van der Waals surface area contributed by atoms with Gasteiger partial charge in [0.15, 0.2) is 14.1 Å². The summed E-state index contributed by atoms with van der Waals surface area (Å²) in [7, 11) is -1.92. The molecule has 6 rings (SSSR count). The van der Waals surface area contributed by atoms with Gasteiger partial charge in [-0.25, -0.2) is 8.78 Å². The molecule has 0 radical (unpaired) electrons. The Bertz CT molecular complexity index is 1350. The van der Waals surface area contributed by atoms with E-state index < -0.39 is 20.0 Å². The van der Waals surface area contributed by atoms with Crippen molar-refractivity contribution >= 4 is 25.0 Å². The highest BCUT2D eigenvalue weighted by molar-refractivity contribution is 6.74. The lowest BCUT2D eigenvalue weighted by Crippen LogP contribution is -2.46. The Labute approximate surface area is 237 Å². The average molecular weight is 569 g/mol. The summed E-state index contributed by atoms with van der Waals surface area (Å²) in [4.78, 5) is 13.8. The maximum Gasteiger partial charge on any atom is 0.319 e. The summed E-state index contributed by atoms with van der Waals surface area (Å²) < 4.78 is 42.7. The quantitative estimate of drug-likeness (QED) is 0.294. The molecule has 1 saturated carbocycles. The molecule has 1 aromatic heterocycles. The second-order valence-corrected chi connectivity index (χ2v) is 19.0. The van der Waals surface area contributed by atoms with Crippen LogP contribution < -0.4 is 9.64 Å². The van der Waals surface area contributed by atoms with E-state index >= 15 is 4.39 Å². The Morgan fingerprint density at radius 3 is 2.42 bits per heavy atom. The first-order valence-electron chi connectivity index (χ1n) is 14.5. The SMILES string of the molecule is C=C1CN2CC(=C)CC2(COc2nc(N3C[C@@H]4C[C@H](C3)[C@H](O[Si](C)(C)C(C)(C)C)C4)c3cc(F)cc(F)c3n2)C1. The van der Waals surface area contributed by atoms with Gasteiger partial charge >= 0.3 is 6.01 Å². The highest BCUT2D eigenvalue weighted by Gasteiger charge is 2.49. The van der Waals surface area contributed by atoms with E-state index in [4.69, 9.17) is 14.1 Å². The number of halogens is 2. The van der Waals surface area contributed by atoms with Crippen LogP contribution in [0, 0.1) is 23.5 Å². The first kappa shape index (κ1) is 27.8. The Morgan fingerprint density at radius 1 is 1.05 bits per heavy atom. The minimum Gasteiger partial charge on any atom is -0.461 e. The summed E-state index contributed by atoms with van der Waals surface area (Å²) in [6, 6.07) is 2.36. The molecule has 4 aliphatic rings. The van der Waals surface area contributed by atoms with Crippen molar-refractivity contribution < 1.29 is 17.9 Å². The van der Waals surface area contributed by atoms with Crippen LogP contribution in [0.25, 0.3) is 10.9 Å². The molecule has 0 spiro atoms. The Kier molecular flexibility index (Phi) is 6.67. The maximum absolute atomic E-state index is 15.1. The summed E-state index contributed by atoms with van der Waals surface area (Å²) in [6.45, 7) is 23.4. The molecule has 3 aliphatic heterocycles. The monoisotopic (exact) mass is 568 g/mol. The van der Waals surface area contributed by atoms with Crippen molar-refractivity contribution in [3.8, 4) is 6.01 Å². The molecule has 3 saturated heterocycles. The van der Waals surface area contributed by atoms with Crippen molar-refractivity contribution in [1.82, 2.24) is 14.9 Å². The van der Waals surface area contributed by atoms with E-state index in [0.717, 1.165) is 57.9 Å². The maximum atomic E-state index is 15.1. The van der Waals surface area contributed by atoms with Gasteiger partial charge in [0.1, 0.15) is 23.8 Å². The van der Waals surface area contributed by atoms with Gasteiger partial charge in [0, 0.05) is 49.7 Å². The van der Waals surface area contributed by atoms with Crippen molar-refractivity contribution in [2.45, 2.75) is 76.2 Å². The Balaban J connectivity index is 1.29. The summed E-state index contributed by atoms with van der Waals surface area (Å²) >= 11 is 0. The predicted molar refractivity (Wildman–Crippen MR) is 157 cm³/mol. The van der Waals surface area contributed by atoms with Crippen LogP contribution in [0.5, 0.6) is 6.01 Å². The van der Waals surface area contributed by atoms with E-state index in [-0.39, 0.29) is 28.2 Å². The molecule has 6 nitrogen and oxygen atoms in total. The van der Waals surface area contributed by atoms with Crippen LogP contribution in [0.15, 0.2) is 36.4 Å². The normalized spacial score (nSPS) is 26.7. The number of fused-ring (bicyclic) bond motifs is 4. The zero-order chi connectivity index (χ0) is 28.6. The minimum absolute atomic E-state index is 0.0920. The molecule has 3 atom stereocenters. The number of nitrogens with zero attached hydrogens (tertiary/aromatic N) is 4. The van der Waals surface area contributed by atoms with Crippen molar-refractivity contribution in [3.63, 3.8) is 0 Å². The van der Waals surface area contributed by atoms with E-state index in [1.807, 2.05) is 0 Å². The van der Waals surface area contributed by atoms with Crippen LogP contribution in [-0.4, -0.2) is 67.6 Å². The molecule has 9 heteroatoms. The Morgan fingerprint density at radius 2 is 1.75 bits per heavy atom. The van der Waals surface area contributed by atoms with Gasteiger partial charge in [0.05, 0.1) is 5.54 Å². The van der Waals surface area contributed by atoms with Gasteiger partial charge in [-0.05, 0) is 55.8 Å². The van der Waals surface area contributed by atoms with Crippen molar-refractivity contribution in [2.75, 3.05) is 37.7 Å². The van der Waals surface area contributed by atoms with Crippen LogP contribution in [0.3, 0.4) is 0 Å². The van der Waals surface area contributed by atoms with Gasteiger partial charge in [0.25, 0.3) is 0 Å². The van der Waals surface area contributed by atoms with Gasteiger partial charge in [-0.15, -0.1) is 0 Å². The van der Waals surface area contributed by atoms with E-state index in [1.165, 1.54) is 17.2 Å². The van der Waals surface area contributed by atoms with E-state index in [2.05, 4.69) is 61.8 Å². The summed E-state index contributed by atoms with van der Waals surface area (Å²) in [5.41, 5.74) is 2.23. The zero-order valence-electron chi connectivity index (χ0n) is 24.5. The first-order chi connectivity index (χ1) is 18.7. The van der Waals surface area contributed by atoms with Crippen molar-refractivity contribution in [2.24, 2.45) is 11.8 Å². The van der Waals surface area contributed by atoms with Gasteiger partial charge in [-0.2, -0.15) is 9.97 Å². The molecule has 0 amide bonds. The summed E-state index contributed by atoms with van der Waals surface area (Å²) in [5, 5.41) is 0.524. The van der Waals surface area contributed by atoms with Gasteiger partial charge in [0.2, 0.25) is 0 Å². The minimum atomic E-state index is -1.92. The molecule has 2 aromatic rings. The standard InChI is InChI=1S/C31H42F2N4O2Si/c1-19-12-31(13-20(2)15-37(31)14-19)18-38-29-34-27-24(10-23(32)11-25(27)33)28(35-29)36-16-21-8-22(17-36)26(9-21)39-40(6,7)30(3,4)5/h10-11,21-22,26H,1-2,8-9,12-18H2,3-7H3/t21-,22-,26-/m1/s1. The highest BCUT2D eigenvalue weighted by atomic mass is 28.4. The van der Waals surface area contributed by atoms with Crippen molar-refractivity contribution in [1.29, 1.82) is 0 Å². The zero-order valence-corrected chi connectivity index (χ0v) is 25.5. The van der Waals surface area contributed by atoms with Crippen LogP contribution in [-0.2, 0) is 4.43 Å². The molecule has 4 fully saturated rings. The lowest BCUT2D eigenvalue weighted by molar-refractivity contribution is 0.108. The molecule has 0 N–H and O–H groups in total. The largest absolute Gasteiger partial charge is 0.461 e. The second-order valence-electron chi connectivity index (χ2n) is 14.3. The lowest BCUT2D eigenvalue weighted by Gasteiger charge is -2.40.